The molecule has 8 heteroatoms. The highest BCUT2D eigenvalue weighted by molar-refractivity contribution is 5.82. The quantitative estimate of drug-likeness (QED) is 0.239. The Balaban J connectivity index is 2.31. The van der Waals surface area contributed by atoms with Gasteiger partial charge in [0.2, 0.25) is 12.5 Å². The molecule has 0 fully saturated rings. The summed E-state index contributed by atoms with van der Waals surface area (Å²) in [6.07, 6.45) is 3.45. The van der Waals surface area contributed by atoms with Crippen LogP contribution in [0.25, 0.3) is 10.4 Å². The minimum absolute atomic E-state index is 0.0860. The summed E-state index contributed by atoms with van der Waals surface area (Å²) in [4.78, 5) is 24.7. The van der Waals surface area contributed by atoms with Crippen molar-refractivity contribution < 1.29 is 14.2 Å². The molecule has 0 aliphatic carbocycles. The van der Waals surface area contributed by atoms with E-state index < -0.39 is 5.91 Å². The van der Waals surface area contributed by atoms with Crippen molar-refractivity contribution >= 4 is 11.8 Å². The molecule has 17 heavy (non-hydrogen) atoms. The second kappa shape index (κ2) is 6.81. The lowest BCUT2D eigenvalue weighted by Gasteiger charge is -2.03. The van der Waals surface area contributed by atoms with Crippen LogP contribution in [0, 0.1) is 0 Å². The molecule has 0 aliphatic rings. The molecule has 8 nitrogen and oxygen atoms in total. The first-order valence-electron chi connectivity index (χ1n) is 4.75. The Kier molecular flexibility index (Phi) is 4.99. The molecule has 2 N–H and O–H groups in total. The number of aromatic nitrogens is 1. The zero-order valence-electron chi connectivity index (χ0n) is 8.91. The normalized spacial score (nSPS) is 8.94. The van der Waals surface area contributed by atoms with E-state index in [2.05, 4.69) is 20.9 Å². The van der Waals surface area contributed by atoms with E-state index in [-0.39, 0.29) is 19.0 Å². The minimum Gasteiger partial charge on any atom is -0.273 e. The van der Waals surface area contributed by atoms with Gasteiger partial charge in [0, 0.05) is 17.0 Å². The molecule has 2 amide bonds. The van der Waals surface area contributed by atoms with E-state index in [1.165, 1.54) is 0 Å². The first-order chi connectivity index (χ1) is 8.22. The highest BCUT2D eigenvalue weighted by Gasteiger charge is 2.08. The highest BCUT2D eigenvalue weighted by atomic mass is 16.2. The zero-order chi connectivity index (χ0) is 12.5. The van der Waals surface area contributed by atoms with Gasteiger partial charge < -0.3 is 0 Å². The van der Waals surface area contributed by atoms with Crippen molar-refractivity contribution in [2.24, 2.45) is 5.11 Å². The average Bonchev–Trinajstić information content (AvgIpc) is 2.35. The van der Waals surface area contributed by atoms with Crippen molar-refractivity contribution in [2.45, 2.75) is 6.54 Å². The van der Waals surface area contributed by atoms with Gasteiger partial charge in [-0.15, -0.1) is 0 Å². The minimum atomic E-state index is -0.575. The average molecular weight is 235 g/mol. The molecule has 88 valence electrons. The molecule has 0 atom stereocenters. The second-order valence-corrected chi connectivity index (χ2v) is 3.03. The molecule has 0 radical (unpaired) electrons. The van der Waals surface area contributed by atoms with E-state index in [0.29, 0.717) is 0 Å². The second-order valence-electron chi connectivity index (χ2n) is 3.03. The monoisotopic (exact) mass is 235 g/mol. The number of hydrogen-bond acceptors (Lipinski definition) is 3. The number of amides is 2. The van der Waals surface area contributed by atoms with Crippen molar-refractivity contribution in [3.05, 3.63) is 41.0 Å². The summed E-state index contributed by atoms with van der Waals surface area (Å²) in [6, 6.07) is 5.40. The number of carbonyl (C=O) groups is 2. The van der Waals surface area contributed by atoms with Crippen molar-refractivity contribution in [1.29, 1.82) is 0 Å². The van der Waals surface area contributed by atoms with E-state index in [0.717, 1.165) is 0 Å². The van der Waals surface area contributed by atoms with Crippen molar-refractivity contribution in [1.82, 2.24) is 10.9 Å². The summed E-state index contributed by atoms with van der Waals surface area (Å²) < 4.78 is 1.65. The van der Waals surface area contributed by atoms with Gasteiger partial charge in [-0.2, -0.15) is 4.57 Å². The molecule has 1 aromatic heterocycles. The first kappa shape index (κ1) is 12.5. The molecular weight excluding hydrogens is 224 g/mol. The van der Waals surface area contributed by atoms with Gasteiger partial charge in [0.05, 0.1) is 0 Å². The first-order valence-corrected chi connectivity index (χ1v) is 4.75. The molecule has 1 aromatic rings. The summed E-state index contributed by atoms with van der Waals surface area (Å²) >= 11 is 0. The Morgan fingerprint density at radius 3 is 2.47 bits per heavy atom. The molecule has 0 saturated carbocycles. The van der Waals surface area contributed by atoms with Crippen LogP contribution in [-0.4, -0.2) is 18.4 Å². The molecule has 0 unspecified atom stereocenters. The number of azide groups is 1. The fraction of sp³-hybridized carbons (Fsp3) is 0.222. The maximum atomic E-state index is 11.3. The van der Waals surface area contributed by atoms with Crippen LogP contribution >= 0.6 is 0 Å². The van der Waals surface area contributed by atoms with Crippen LogP contribution in [-0.2, 0) is 16.1 Å². The topological polar surface area (TPSA) is 111 Å². The van der Waals surface area contributed by atoms with Crippen LogP contribution < -0.4 is 15.4 Å². The maximum absolute atomic E-state index is 11.3. The molecule has 0 saturated heterocycles. The highest BCUT2D eigenvalue weighted by Crippen LogP contribution is 1.77. The molecule has 1 rings (SSSR count). The summed E-state index contributed by atoms with van der Waals surface area (Å²) in [7, 11) is 0. The predicted octanol–water partition coefficient (Wildman–Crippen LogP) is -0.568. The Hall–Kier alpha value is -2.60. The number of carbonyl (C=O) groups excluding carboxylic acids is 2. The molecule has 0 bridgehead atoms. The predicted molar refractivity (Wildman–Crippen MR) is 56.9 cm³/mol. The lowest BCUT2D eigenvalue weighted by molar-refractivity contribution is -0.684. The van der Waals surface area contributed by atoms with Gasteiger partial charge in [-0.25, -0.2) is 0 Å². The van der Waals surface area contributed by atoms with Crippen LogP contribution in [0.5, 0.6) is 0 Å². The van der Waals surface area contributed by atoms with Crippen LogP contribution in [0.15, 0.2) is 35.7 Å². The van der Waals surface area contributed by atoms with Crippen molar-refractivity contribution in [2.75, 3.05) is 6.54 Å². The van der Waals surface area contributed by atoms with Gasteiger partial charge in [-0.05, 0) is 5.53 Å². The summed E-state index contributed by atoms with van der Waals surface area (Å²) in [5.74, 6) is -0.954. The lowest BCUT2D eigenvalue weighted by Crippen LogP contribution is -2.49. The largest absolute Gasteiger partial charge is 0.304 e. The van der Waals surface area contributed by atoms with Gasteiger partial charge in [0.1, 0.15) is 6.54 Å². The third kappa shape index (κ3) is 5.14. The number of nitrogens with zero attached hydrogens (tertiary/aromatic N) is 4. The Morgan fingerprint density at radius 1 is 1.18 bits per heavy atom. The van der Waals surface area contributed by atoms with Crippen LogP contribution in [0.4, 0.5) is 0 Å². The van der Waals surface area contributed by atoms with Gasteiger partial charge >= 0.3 is 5.91 Å². The van der Waals surface area contributed by atoms with E-state index in [1.54, 1.807) is 29.1 Å². The SMILES string of the molecule is [N-]=[N+]=NCC(=O)NNC(=O)C[n+]1ccccc1. The third-order valence-electron chi connectivity index (χ3n) is 1.72. The number of rotatable bonds is 4. The Bertz CT molecular complexity index is 440. The number of nitrogens with one attached hydrogen (secondary N) is 2. The smallest absolute Gasteiger partial charge is 0.273 e. The number of hydrazine groups is 1. The molecular formula is C9H11N6O2+. The van der Waals surface area contributed by atoms with Crippen LogP contribution in [0.2, 0.25) is 0 Å². The van der Waals surface area contributed by atoms with Crippen LogP contribution in [0.3, 0.4) is 0 Å². The van der Waals surface area contributed by atoms with E-state index in [4.69, 9.17) is 5.53 Å². The van der Waals surface area contributed by atoms with Crippen molar-refractivity contribution in [3.8, 4) is 0 Å². The van der Waals surface area contributed by atoms with E-state index in [1.807, 2.05) is 6.07 Å². The van der Waals surface area contributed by atoms with E-state index in [9.17, 15) is 9.59 Å². The fourth-order valence-electron chi connectivity index (χ4n) is 1.02. The molecule has 1 heterocycles. The van der Waals surface area contributed by atoms with Crippen molar-refractivity contribution in [3.63, 3.8) is 0 Å². The van der Waals surface area contributed by atoms with Gasteiger partial charge in [0.15, 0.2) is 12.4 Å². The molecule has 0 aromatic carbocycles. The maximum Gasteiger partial charge on any atom is 0.304 e. The zero-order valence-corrected chi connectivity index (χ0v) is 8.91. The van der Waals surface area contributed by atoms with E-state index >= 15 is 0 Å². The summed E-state index contributed by atoms with van der Waals surface area (Å²) in [5.41, 5.74) is 12.3. The lowest BCUT2D eigenvalue weighted by atomic mass is 10.4. The Labute approximate surface area is 96.8 Å². The van der Waals surface area contributed by atoms with Gasteiger partial charge in [-0.3, -0.25) is 20.4 Å². The molecule has 0 spiro atoms. The van der Waals surface area contributed by atoms with Gasteiger partial charge in [-0.1, -0.05) is 11.2 Å². The Morgan fingerprint density at radius 2 is 1.82 bits per heavy atom. The standard InChI is InChI=1S/C9H10N6O2/c10-14-11-6-8(16)12-13-9(17)7-15-4-2-1-3-5-15/h1-5H,6-7H2,(H-,12,13,16,17)/p+1. The number of pyridine rings is 1. The summed E-state index contributed by atoms with van der Waals surface area (Å²) in [5, 5.41) is 3.05. The van der Waals surface area contributed by atoms with Gasteiger partial charge in [0.25, 0.3) is 0 Å². The summed E-state index contributed by atoms with van der Waals surface area (Å²) in [6.45, 7) is -0.266. The third-order valence-corrected chi connectivity index (χ3v) is 1.72. The number of hydrogen-bond donors (Lipinski definition) is 2. The fourth-order valence-corrected chi connectivity index (χ4v) is 1.02. The molecule has 0 aliphatic heterocycles. The van der Waals surface area contributed by atoms with Crippen LogP contribution in [0.1, 0.15) is 0 Å².